The first-order chi connectivity index (χ1) is 10.5. The maximum Gasteiger partial charge on any atom is 0.270 e. The Morgan fingerprint density at radius 1 is 1.27 bits per heavy atom. The van der Waals surface area contributed by atoms with Gasteiger partial charge in [0.1, 0.15) is 5.82 Å². The first kappa shape index (κ1) is 15.8. The molecule has 0 fully saturated rings. The van der Waals surface area contributed by atoms with E-state index in [-0.39, 0.29) is 5.69 Å². The van der Waals surface area contributed by atoms with E-state index in [9.17, 15) is 10.1 Å². The molecule has 0 spiro atoms. The second-order valence-electron chi connectivity index (χ2n) is 5.26. The summed E-state index contributed by atoms with van der Waals surface area (Å²) in [6.45, 7) is 3.52. The number of nitro benzene ring substituents is 1. The number of aryl methyl sites for hydroxylation is 1. The molecule has 0 amide bonds. The Kier molecular flexibility index (Phi) is 5.00. The number of hydrogen-bond acceptors (Lipinski definition) is 6. The van der Waals surface area contributed by atoms with Crippen LogP contribution in [0.25, 0.3) is 11.4 Å². The van der Waals surface area contributed by atoms with Gasteiger partial charge in [0, 0.05) is 42.5 Å². The van der Waals surface area contributed by atoms with Gasteiger partial charge in [-0.3, -0.25) is 10.1 Å². The zero-order valence-electron chi connectivity index (χ0n) is 12.9. The molecule has 22 heavy (non-hydrogen) atoms. The third kappa shape index (κ3) is 4.23. The molecule has 0 unspecified atom stereocenters. The fourth-order valence-electron chi connectivity index (χ4n) is 1.95. The number of likely N-dealkylation sites (N-methyl/N-ethyl adjacent to an activating group) is 1. The van der Waals surface area contributed by atoms with Crippen LogP contribution in [0.2, 0.25) is 0 Å². The van der Waals surface area contributed by atoms with Crippen LogP contribution in [0, 0.1) is 17.0 Å². The quantitative estimate of drug-likeness (QED) is 0.651. The third-order valence-electron chi connectivity index (χ3n) is 3.03. The van der Waals surface area contributed by atoms with Gasteiger partial charge in [-0.1, -0.05) is 12.1 Å². The second kappa shape index (κ2) is 6.95. The standard InChI is InChI=1S/C15H19N5O2/c1-11-9-14(16-7-8-19(2)3)18-15(17-11)12-5-4-6-13(10-12)20(21)22/h4-6,9-10H,7-8H2,1-3H3,(H,16,17,18). The minimum atomic E-state index is -0.421. The van der Waals surface area contributed by atoms with Crippen molar-refractivity contribution in [3.8, 4) is 11.4 Å². The summed E-state index contributed by atoms with van der Waals surface area (Å²) in [5.74, 6) is 1.20. The van der Waals surface area contributed by atoms with Gasteiger partial charge in [-0.25, -0.2) is 9.97 Å². The highest BCUT2D eigenvalue weighted by atomic mass is 16.6. The highest BCUT2D eigenvalue weighted by molar-refractivity contribution is 5.61. The number of nitro groups is 1. The van der Waals surface area contributed by atoms with E-state index >= 15 is 0 Å². The largest absolute Gasteiger partial charge is 0.369 e. The molecule has 0 radical (unpaired) electrons. The van der Waals surface area contributed by atoms with Crippen LogP contribution in [0.4, 0.5) is 11.5 Å². The van der Waals surface area contributed by atoms with E-state index < -0.39 is 4.92 Å². The number of rotatable bonds is 6. The summed E-state index contributed by atoms with van der Waals surface area (Å²) in [5.41, 5.74) is 1.47. The lowest BCUT2D eigenvalue weighted by Crippen LogP contribution is -2.21. The minimum absolute atomic E-state index is 0.0322. The van der Waals surface area contributed by atoms with Gasteiger partial charge >= 0.3 is 0 Å². The van der Waals surface area contributed by atoms with E-state index in [4.69, 9.17) is 0 Å². The summed E-state index contributed by atoms with van der Waals surface area (Å²) in [7, 11) is 4.00. The summed E-state index contributed by atoms with van der Waals surface area (Å²) in [4.78, 5) is 21.3. The van der Waals surface area contributed by atoms with Crippen LogP contribution in [0.15, 0.2) is 30.3 Å². The molecule has 0 bridgehead atoms. The monoisotopic (exact) mass is 301 g/mol. The van der Waals surface area contributed by atoms with Crippen LogP contribution >= 0.6 is 0 Å². The summed E-state index contributed by atoms with van der Waals surface area (Å²) >= 11 is 0. The van der Waals surface area contributed by atoms with Gasteiger partial charge in [0.25, 0.3) is 5.69 Å². The van der Waals surface area contributed by atoms with Gasteiger partial charge in [-0.2, -0.15) is 0 Å². The van der Waals surface area contributed by atoms with Gasteiger partial charge < -0.3 is 10.2 Å². The third-order valence-corrected chi connectivity index (χ3v) is 3.03. The van der Waals surface area contributed by atoms with E-state index in [2.05, 4.69) is 20.2 Å². The van der Waals surface area contributed by atoms with Crippen molar-refractivity contribution >= 4 is 11.5 Å². The Labute approximate surface area is 129 Å². The Morgan fingerprint density at radius 3 is 2.73 bits per heavy atom. The van der Waals surface area contributed by atoms with Crippen molar-refractivity contribution < 1.29 is 4.92 Å². The molecule has 1 aromatic heterocycles. The van der Waals surface area contributed by atoms with Crippen LogP contribution in [0.3, 0.4) is 0 Å². The van der Waals surface area contributed by atoms with Crippen LogP contribution < -0.4 is 5.32 Å². The first-order valence-corrected chi connectivity index (χ1v) is 6.95. The van der Waals surface area contributed by atoms with Crippen LogP contribution in [-0.4, -0.2) is 47.0 Å². The lowest BCUT2D eigenvalue weighted by Gasteiger charge is -2.12. The molecule has 1 N–H and O–H groups in total. The molecule has 0 aliphatic rings. The van der Waals surface area contributed by atoms with Crippen LogP contribution in [-0.2, 0) is 0 Å². The lowest BCUT2D eigenvalue weighted by molar-refractivity contribution is -0.384. The van der Waals surface area contributed by atoms with Gasteiger partial charge in [0.2, 0.25) is 0 Å². The number of anilines is 1. The maximum absolute atomic E-state index is 10.9. The van der Waals surface area contributed by atoms with E-state index in [0.717, 1.165) is 24.6 Å². The number of hydrogen-bond donors (Lipinski definition) is 1. The summed E-state index contributed by atoms with van der Waals surface area (Å²) in [5, 5.41) is 14.1. The maximum atomic E-state index is 10.9. The molecule has 7 heteroatoms. The number of benzene rings is 1. The Morgan fingerprint density at radius 2 is 2.05 bits per heavy atom. The smallest absolute Gasteiger partial charge is 0.270 e. The number of non-ortho nitro benzene ring substituents is 1. The lowest BCUT2D eigenvalue weighted by atomic mass is 10.2. The zero-order valence-corrected chi connectivity index (χ0v) is 12.9. The van der Waals surface area contributed by atoms with Crippen molar-refractivity contribution in [1.82, 2.24) is 14.9 Å². The van der Waals surface area contributed by atoms with E-state index in [1.54, 1.807) is 12.1 Å². The van der Waals surface area contributed by atoms with E-state index in [1.165, 1.54) is 12.1 Å². The van der Waals surface area contributed by atoms with Crippen molar-refractivity contribution in [3.63, 3.8) is 0 Å². The highest BCUT2D eigenvalue weighted by Crippen LogP contribution is 2.22. The SMILES string of the molecule is Cc1cc(NCCN(C)C)nc(-c2cccc([N+](=O)[O-])c2)n1. The fourth-order valence-corrected chi connectivity index (χ4v) is 1.95. The molecule has 1 heterocycles. The molecule has 7 nitrogen and oxygen atoms in total. The molecule has 0 aliphatic carbocycles. The minimum Gasteiger partial charge on any atom is -0.369 e. The summed E-state index contributed by atoms with van der Waals surface area (Å²) < 4.78 is 0. The molecule has 0 saturated carbocycles. The summed E-state index contributed by atoms with van der Waals surface area (Å²) in [6.07, 6.45) is 0. The molecule has 116 valence electrons. The van der Waals surface area contributed by atoms with Gasteiger partial charge in [-0.05, 0) is 21.0 Å². The Hall–Kier alpha value is -2.54. The average Bonchev–Trinajstić information content (AvgIpc) is 2.46. The molecule has 0 aliphatic heterocycles. The zero-order chi connectivity index (χ0) is 16.1. The first-order valence-electron chi connectivity index (χ1n) is 6.95. The van der Waals surface area contributed by atoms with Crippen LogP contribution in [0.5, 0.6) is 0 Å². The van der Waals surface area contributed by atoms with Crippen molar-refractivity contribution in [3.05, 3.63) is 46.1 Å². The highest BCUT2D eigenvalue weighted by Gasteiger charge is 2.10. The predicted octanol–water partition coefficient (Wildman–Crippen LogP) is 2.33. The number of nitrogens with zero attached hydrogens (tertiary/aromatic N) is 4. The Bertz CT molecular complexity index is 673. The molecular weight excluding hydrogens is 282 g/mol. The molecular formula is C15H19N5O2. The average molecular weight is 301 g/mol. The van der Waals surface area contributed by atoms with Gasteiger partial charge in [0.15, 0.2) is 5.82 Å². The van der Waals surface area contributed by atoms with Gasteiger partial charge in [-0.15, -0.1) is 0 Å². The fraction of sp³-hybridized carbons (Fsp3) is 0.333. The Balaban J connectivity index is 2.25. The number of aromatic nitrogens is 2. The van der Waals surface area contributed by atoms with Crippen LogP contribution in [0.1, 0.15) is 5.69 Å². The van der Waals surface area contributed by atoms with E-state index in [1.807, 2.05) is 27.1 Å². The molecule has 0 saturated heterocycles. The summed E-state index contributed by atoms with van der Waals surface area (Å²) in [6, 6.07) is 8.20. The van der Waals surface area contributed by atoms with Crippen molar-refractivity contribution in [2.45, 2.75) is 6.92 Å². The van der Waals surface area contributed by atoms with E-state index in [0.29, 0.717) is 11.4 Å². The number of nitrogens with one attached hydrogen (secondary N) is 1. The second-order valence-corrected chi connectivity index (χ2v) is 5.26. The predicted molar refractivity (Wildman–Crippen MR) is 85.9 cm³/mol. The molecule has 1 aromatic carbocycles. The molecule has 2 aromatic rings. The molecule has 2 rings (SSSR count). The van der Waals surface area contributed by atoms with Gasteiger partial charge in [0.05, 0.1) is 4.92 Å². The van der Waals surface area contributed by atoms with Crippen molar-refractivity contribution in [2.24, 2.45) is 0 Å². The van der Waals surface area contributed by atoms with Crippen molar-refractivity contribution in [1.29, 1.82) is 0 Å². The molecule has 0 atom stereocenters. The normalized spacial score (nSPS) is 10.7. The topological polar surface area (TPSA) is 84.2 Å². The van der Waals surface area contributed by atoms with Crippen molar-refractivity contribution in [2.75, 3.05) is 32.5 Å².